The van der Waals surface area contributed by atoms with Gasteiger partial charge in [0.2, 0.25) is 0 Å². The van der Waals surface area contributed by atoms with Crippen molar-refractivity contribution < 1.29 is 32.7 Å². The fraction of sp³-hybridized carbons (Fsp3) is 0.556. The van der Waals surface area contributed by atoms with Crippen molar-refractivity contribution in [1.82, 2.24) is 10.2 Å². The Bertz CT molecular complexity index is 1460. The van der Waals surface area contributed by atoms with Crippen molar-refractivity contribution in [3.05, 3.63) is 70.8 Å². The monoisotopic (exact) mass is 641 g/mol. The summed E-state index contributed by atoms with van der Waals surface area (Å²) in [6, 6.07) is 11.3. The van der Waals surface area contributed by atoms with Gasteiger partial charge >= 0.3 is 12.1 Å². The first-order valence-corrected chi connectivity index (χ1v) is 16.0. The van der Waals surface area contributed by atoms with E-state index in [1.165, 1.54) is 12.1 Å². The van der Waals surface area contributed by atoms with Crippen molar-refractivity contribution in [1.29, 1.82) is 0 Å². The molecule has 4 rings (SSSR count). The van der Waals surface area contributed by atoms with Crippen molar-refractivity contribution in [2.75, 3.05) is 6.54 Å². The molecule has 1 fully saturated rings. The number of benzene rings is 2. The quantitative estimate of drug-likeness (QED) is 0.290. The molecule has 1 heterocycles. The zero-order valence-corrected chi connectivity index (χ0v) is 27.6. The van der Waals surface area contributed by atoms with Gasteiger partial charge in [-0.3, -0.25) is 19.4 Å². The summed E-state index contributed by atoms with van der Waals surface area (Å²) >= 11 is 0. The zero-order chi connectivity index (χ0) is 34.1. The van der Waals surface area contributed by atoms with Gasteiger partial charge in [0, 0.05) is 17.7 Å². The van der Waals surface area contributed by atoms with Crippen molar-refractivity contribution in [3.8, 4) is 0 Å². The van der Waals surface area contributed by atoms with Crippen LogP contribution in [0.15, 0.2) is 53.5 Å². The normalized spacial score (nSPS) is 21.3. The van der Waals surface area contributed by atoms with E-state index in [2.05, 4.69) is 46.9 Å². The van der Waals surface area contributed by atoms with Gasteiger partial charge in [-0.15, -0.1) is 0 Å². The number of amides is 2. The molecule has 0 aromatic heterocycles. The number of nitrogens with zero attached hydrogens (tertiary/aromatic N) is 2. The fourth-order valence-electron chi connectivity index (χ4n) is 6.63. The van der Waals surface area contributed by atoms with E-state index in [0.717, 1.165) is 37.0 Å². The Morgan fingerprint density at radius 1 is 1.02 bits per heavy atom. The van der Waals surface area contributed by atoms with Gasteiger partial charge < -0.3 is 15.3 Å². The van der Waals surface area contributed by atoms with Gasteiger partial charge in [0.1, 0.15) is 11.4 Å². The van der Waals surface area contributed by atoms with E-state index in [9.17, 15) is 27.6 Å². The third-order valence-electron chi connectivity index (χ3n) is 9.33. The zero-order valence-electron chi connectivity index (χ0n) is 27.6. The fourth-order valence-corrected chi connectivity index (χ4v) is 6.63. The molecular formula is C36H46F3N3O4. The van der Waals surface area contributed by atoms with Crippen LogP contribution in [0.1, 0.15) is 120 Å². The van der Waals surface area contributed by atoms with E-state index in [-0.39, 0.29) is 41.0 Å². The second-order valence-electron chi connectivity index (χ2n) is 15.0. The number of carbonyl (C=O) groups excluding carboxylic acids is 2. The molecule has 2 aromatic carbocycles. The molecule has 2 aliphatic rings. The number of alkyl halides is 3. The van der Waals surface area contributed by atoms with E-state index in [1.807, 2.05) is 17.0 Å². The highest BCUT2D eigenvalue weighted by Crippen LogP contribution is 2.50. The number of aliphatic carboxylic acids is 1. The van der Waals surface area contributed by atoms with Crippen molar-refractivity contribution in [2.24, 2.45) is 21.7 Å². The lowest BCUT2D eigenvalue weighted by atomic mass is 9.69. The second-order valence-corrected chi connectivity index (χ2v) is 15.0. The molecule has 0 bridgehead atoms. The maximum Gasteiger partial charge on any atom is 0.416 e. The number of carboxylic acids is 1. The molecule has 0 unspecified atom stereocenters. The predicted octanol–water partition coefficient (Wildman–Crippen LogP) is 8.04. The first-order valence-electron chi connectivity index (χ1n) is 16.0. The lowest BCUT2D eigenvalue weighted by Gasteiger charge is -2.47. The largest absolute Gasteiger partial charge is 0.481 e. The predicted molar refractivity (Wildman–Crippen MR) is 171 cm³/mol. The lowest BCUT2D eigenvalue weighted by Crippen LogP contribution is -2.51. The molecule has 250 valence electrons. The summed E-state index contributed by atoms with van der Waals surface area (Å²) in [4.78, 5) is 44.9. The summed E-state index contributed by atoms with van der Waals surface area (Å²) in [5.74, 6) is -1.38. The van der Waals surface area contributed by atoms with Crippen molar-refractivity contribution >= 4 is 23.5 Å². The highest BCUT2D eigenvalue weighted by Gasteiger charge is 2.53. The van der Waals surface area contributed by atoms with Crippen LogP contribution in [0, 0.1) is 16.7 Å². The minimum absolute atomic E-state index is 0.000139. The number of carboxylic acid groups (broad SMARTS) is 1. The molecule has 2 amide bonds. The second kappa shape index (κ2) is 13.2. The lowest BCUT2D eigenvalue weighted by molar-refractivity contribution is -0.138. The summed E-state index contributed by atoms with van der Waals surface area (Å²) in [5.41, 5.74) is -0.362. The molecule has 1 atom stereocenters. The molecule has 2 aromatic rings. The molecule has 1 spiro atoms. The number of halogens is 3. The molecule has 0 saturated heterocycles. The van der Waals surface area contributed by atoms with Gasteiger partial charge in [-0.05, 0) is 85.1 Å². The molecule has 1 aliphatic carbocycles. The van der Waals surface area contributed by atoms with Crippen molar-refractivity contribution in [3.63, 3.8) is 0 Å². The first-order chi connectivity index (χ1) is 21.3. The van der Waals surface area contributed by atoms with Gasteiger partial charge in [-0.1, -0.05) is 65.8 Å². The molecule has 10 heteroatoms. The number of carbonyl (C=O) groups is 3. The third-order valence-corrected chi connectivity index (χ3v) is 9.33. The van der Waals surface area contributed by atoms with Crippen LogP contribution in [-0.4, -0.2) is 45.7 Å². The third kappa shape index (κ3) is 8.17. The Morgan fingerprint density at radius 2 is 1.65 bits per heavy atom. The van der Waals surface area contributed by atoms with Crippen LogP contribution in [0.4, 0.5) is 13.2 Å². The maximum atomic E-state index is 14.5. The highest BCUT2D eigenvalue weighted by molar-refractivity contribution is 6.46. The van der Waals surface area contributed by atoms with Crippen LogP contribution in [0.3, 0.4) is 0 Å². The van der Waals surface area contributed by atoms with Gasteiger partial charge in [0.05, 0.1) is 18.0 Å². The van der Waals surface area contributed by atoms with E-state index in [1.54, 1.807) is 12.1 Å². The molecule has 2 N–H and O–H groups in total. The summed E-state index contributed by atoms with van der Waals surface area (Å²) in [5, 5.41) is 11.5. The minimum atomic E-state index is -4.56. The maximum absolute atomic E-state index is 14.5. The Kier molecular flexibility index (Phi) is 10.1. The molecular weight excluding hydrogens is 595 g/mol. The van der Waals surface area contributed by atoms with Crippen LogP contribution >= 0.6 is 0 Å². The molecule has 46 heavy (non-hydrogen) atoms. The topological polar surface area (TPSA) is 99.1 Å². The minimum Gasteiger partial charge on any atom is -0.481 e. The first kappa shape index (κ1) is 35.2. The Hall–Kier alpha value is -3.69. The molecule has 1 aliphatic heterocycles. The Balaban J connectivity index is 1.76. The van der Waals surface area contributed by atoms with Crippen molar-refractivity contribution in [2.45, 2.75) is 104 Å². The molecule has 7 nitrogen and oxygen atoms in total. The van der Waals surface area contributed by atoms with Crippen LogP contribution in [0.5, 0.6) is 0 Å². The highest BCUT2D eigenvalue weighted by atomic mass is 19.4. The Morgan fingerprint density at radius 3 is 2.20 bits per heavy atom. The van der Waals surface area contributed by atoms with Crippen LogP contribution in [0.25, 0.3) is 0 Å². The average molecular weight is 642 g/mol. The number of hydrogen-bond acceptors (Lipinski definition) is 4. The summed E-state index contributed by atoms with van der Waals surface area (Å²) in [6.45, 7) is 13.0. The van der Waals surface area contributed by atoms with Gasteiger partial charge in [0.15, 0.2) is 0 Å². The van der Waals surface area contributed by atoms with Gasteiger partial charge in [0.25, 0.3) is 11.8 Å². The van der Waals surface area contributed by atoms with Crippen LogP contribution in [0.2, 0.25) is 0 Å². The summed E-state index contributed by atoms with van der Waals surface area (Å²) < 4.78 is 41.1. The standard InChI is InChI=1S/C36H46F3N3O4/c1-33(2,3)18-16-28(23-10-12-24(13-11-23)31(45)40-21-17-29(43)44)42-32(46)30(25-8-7-9-27(22-25)36(37,38)39)41-35(42)19-14-26(15-20-35)34(4,5)6/h7-13,22,26,28H,14-21H2,1-6H3,(H,40,45)(H,43,44)/t26?,28-,35?/m1/s1. The number of aliphatic imine (C=N–C) groups is 1. The molecule has 0 radical (unpaired) electrons. The number of rotatable bonds is 9. The average Bonchev–Trinajstić information content (AvgIpc) is 3.23. The smallest absolute Gasteiger partial charge is 0.416 e. The van der Waals surface area contributed by atoms with Gasteiger partial charge in [-0.25, -0.2) is 0 Å². The van der Waals surface area contributed by atoms with Crippen LogP contribution in [-0.2, 0) is 15.8 Å². The summed E-state index contributed by atoms with van der Waals surface area (Å²) in [7, 11) is 0. The van der Waals surface area contributed by atoms with Gasteiger partial charge in [-0.2, -0.15) is 13.2 Å². The van der Waals surface area contributed by atoms with E-state index < -0.39 is 35.3 Å². The van der Waals surface area contributed by atoms with E-state index in [4.69, 9.17) is 10.1 Å². The number of hydrogen-bond donors (Lipinski definition) is 2. The summed E-state index contributed by atoms with van der Waals surface area (Å²) in [6.07, 6.45) is -0.548. The molecule has 1 saturated carbocycles. The Labute approximate surface area is 269 Å². The van der Waals surface area contributed by atoms with E-state index in [0.29, 0.717) is 30.7 Å². The SMILES string of the molecule is CC(C)(C)CC[C@H](c1ccc(C(=O)NCCC(=O)O)cc1)N1C(=O)C(c2cccc(C(F)(F)F)c2)=NC12CCC(C(C)(C)C)CC2. The van der Waals surface area contributed by atoms with Crippen LogP contribution < -0.4 is 5.32 Å². The van der Waals surface area contributed by atoms with E-state index >= 15 is 0 Å². The number of nitrogens with one attached hydrogen (secondary N) is 1.